The number of carbonyl (C=O) groups excluding carboxylic acids is 1. The smallest absolute Gasteiger partial charge is 0.272 e. The van der Waals surface area contributed by atoms with Gasteiger partial charge in [-0.05, 0) is 107 Å². The molecule has 2 saturated carbocycles. The molecule has 0 unspecified atom stereocenters. The second-order valence-corrected chi connectivity index (χ2v) is 12.8. The Morgan fingerprint density at radius 1 is 1.02 bits per heavy atom. The fourth-order valence-electron chi connectivity index (χ4n) is 7.22. The predicted molar refractivity (Wildman–Crippen MR) is 156 cm³/mol. The van der Waals surface area contributed by atoms with Crippen LogP contribution in [0, 0.1) is 16.7 Å². The number of aliphatic hydroxyl groups excluding tert-OH is 1. The van der Waals surface area contributed by atoms with Gasteiger partial charge in [-0.2, -0.15) is 5.26 Å². The van der Waals surface area contributed by atoms with Gasteiger partial charge in [0.25, 0.3) is 5.91 Å². The number of aliphatic hydroxyl groups is 1. The van der Waals surface area contributed by atoms with Crippen LogP contribution in [0.1, 0.15) is 80.3 Å². The number of nitrogens with one attached hydrogen (secondary N) is 1. The van der Waals surface area contributed by atoms with E-state index in [4.69, 9.17) is 21.6 Å². The third kappa shape index (κ3) is 6.45. The van der Waals surface area contributed by atoms with E-state index in [9.17, 15) is 9.90 Å². The molecule has 2 aliphatic carbocycles. The largest absolute Gasteiger partial charge is 0.490 e. The maximum absolute atomic E-state index is 12.9. The topological polar surface area (TPSA) is 115 Å². The van der Waals surface area contributed by atoms with Crippen LogP contribution < -0.4 is 15.0 Å². The molecule has 1 spiro atoms. The average Bonchev–Trinajstić information content (AvgIpc) is 2.98. The van der Waals surface area contributed by atoms with E-state index in [-0.39, 0.29) is 24.2 Å². The molecule has 0 bridgehead atoms. The number of rotatable bonds is 6. The van der Waals surface area contributed by atoms with E-state index >= 15 is 0 Å². The third-order valence-corrected chi connectivity index (χ3v) is 10.1. The molecule has 9 nitrogen and oxygen atoms in total. The molecule has 3 heterocycles. The Kier molecular flexibility index (Phi) is 8.34. The van der Waals surface area contributed by atoms with Crippen LogP contribution in [-0.2, 0) is 0 Å². The van der Waals surface area contributed by atoms with E-state index in [1.807, 2.05) is 6.07 Å². The summed E-state index contributed by atoms with van der Waals surface area (Å²) in [6, 6.07) is 11.6. The van der Waals surface area contributed by atoms with Gasteiger partial charge in [-0.1, -0.05) is 11.6 Å². The highest BCUT2D eigenvalue weighted by Gasteiger charge is 2.45. The first-order valence-electron chi connectivity index (χ1n) is 15.1. The number of nitrogens with zero attached hydrogens (tertiary/aromatic N) is 5. The number of aromatic nitrogens is 2. The van der Waals surface area contributed by atoms with Crippen molar-refractivity contribution < 1.29 is 14.6 Å². The van der Waals surface area contributed by atoms with Crippen molar-refractivity contribution >= 4 is 23.3 Å². The monoisotopic (exact) mass is 578 g/mol. The van der Waals surface area contributed by atoms with Crippen molar-refractivity contribution in [2.75, 3.05) is 31.1 Å². The number of anilines is 1. The first kappa shape index (κ1) is 28.2. The number of likely N-dealkylation sites (tertiary alicyclic amines) is 1. The Morgan fingerprint density at radius 3 is 2.37 bits per heavy atom. The molecule has 0 atom stereocenters. The third-order valence-electron chi connectivity index (χ3n) is 9.76. The summed E-state index contributed by atoms with van der Waals surface area (Å²) in [4.78, 5) is 17.8. The van der Waals surface area contributed by atoms with Crippen molar-refractivity contribution in [3.05, 3.63) is 46.6 Å². The molecule has 1 aromatic carbocycles. The van der Waals surface area contributed by atoms with Gasteiger partial charge in [0.05, 0.1) is 22.8 Å². The quantitative estimate of drug-likeness (QED) is 0.521. The van der Waals surface area contributed by atoms with E-state index < -0.39 is 0 Å². The number of ether oxygens (including phenoxy) is 1. The molecular formula is C31H39ClN6O3. The number of nitriles is 1. The summed E-state index contributed by atoms with van der Waals surface area (Å²) in [5.74, 6) is 1.31. The van der Waals surface area contributed by atoms with E-state index in [0.717, 1.165) is 83.4 Å². The normalized spacial score (nSPS) is 25.3. The van der Waals surface area contributed by atoms with Gasteiger partial charge in [0.2, 0.25) is 0 Å². The van der Waals surface area contributed by atoms with Gasteiger partial charge in [-0.15, -0.1) is 10.2 Å². The van der Waals surface area contributed by atoms with Gasteiger partial charge >= 0.3 is 0 Å². The number of piperidine rings is 2. The van der Waals surface area contributed by atoms with Gasteiger partial charge in [-0.3, -0.25) is 4.79 Å². The van der Waals surface area contributed by atoms with Crippen LogP contribution in [0.4, 0.5) is 5.82 Å². The van der Waals surface area contributed by atoms with Gasteiger partial charge < -0.3 is 25.0 Å². The Hall–Kier alpha value is -2.93. The van der Waals surface area contributed by atoms with Crippen LogP contribution in [0.2, 0.25) is 5.02 Å². The van der Waals surface area contributed by atoms with Crippen LogP contribution in [0.15, 0.2) is 30.3 Å². The molecular weight excluding hydrogens is 540 g/mol. The molecule has 1 amide bonds. The summed E-state index contributed by atoms with van der Waals surface area (Å²) >= 11 is 6.12. The zero-order valence-corrected chi connectivity index (χ0v) is 24.2. The lowest BCUT2D eigenvalue weighted by atomic mass is 9.61. The molecule has 2 aliphatic heterocycles. The van der Waals surface area contributed by atoms with Crippen LogP contribution >= 0.6 is 11.6 Å². The molecule has 10 heteroatoms. The van der Waals surface area contributed by atoms with Crippen LogP contribution in [-0.4, -0.2) is 76.6 Å². The zero-order chi connectivity index (χ0) is 28.4. The summed E-state index contributed by atoms with van der Waals surface area (Å²) in [5.41, 5.74) is 1.21. The summed E-state index contributed by atoms with van der Waals surface area (Å²) in [5, 5.41) is 31.0. The number of carbonyl (C=O) groups is 1. The fraction of sp³-hybridized carbons (Fsp3) is 0.613. The number of hydrogen-bond donors (Lipinski definition) is 2. The number of hydrogen-bond acceptors (Lipinski definition) is 8. The zero-order valence-electron chi connectivity index (χ0n) is 23.5. The molecule has 2 saturated heterocycles. The first-order valence-corrected chi connectivity index (χ1v) is 15.5. The van der Waals surface area contributed by atoms with E-state index in [0.29, 0.717) is 33.5 Å². The lowest BCUT2D eigenvalue weighted by molar-refractivity contribution is -0.0745. The molecule has 1 aromatic heterocycles. The number of halogens is 1. The SMILES string of the molecule is N#Cc1ccc(OC2CCC(NC(=O)c3ccc(N4CCC(N5CCC6(CC5)CC(O)C6)CC4)nn3)CC2)cc1Cl. The summed E-state index contributed by atoms with van der Waals surface area (Å²) in [6.07, 6.45) is 9.96. The van der Waals surface area contributed by atoms with Crippen LogP contribution in [0.3, 0.4) is 0 Å². The minimum absolute atomic E-state index is 0.0543. The van der Waals surface area contributed by atoms with Crippen molar-refractivity contribution in [3.8, 4) is 11.8 Å². The minimum atomic E-state index is -0.187. The van der Waals surface area contributed by atoms with Crippen molar-refractivity contribution in [1.29, 1.82) is 5.26 Å². The van der Waals surface area contributed by atoms with E-state index in [1.165, 1.54) is 12.8 Å². The summed E-state index contributed by atoms with van der Waals surface area (Å²) in [6.45, 7) is 4.21. The van der Waals surface area contributed by atoms with Crippen molar-refractivity contribution in [3.63, 3.8) is 0 Å². The predicted octanol–water partition coefficient (Wildman–Crippen LogP) is 4.33. The molecule has 218 valence electrons. The van der Waals surface area contributed by atoms with Gasteiger partial charge in [0.15, 0.2) is 11.5 Å². The highest BCUT2D eigenvalue weighted by Crippen LogP contribution is 2.49. The molecule has 2 N–H and O–H groups in total. The molecule has 4 fully saturated rings. The lowest BCUT2D eigenvalue weighted by Gasteiger charge is -2.52. The fourth-order valence-corrected chi connectivity index (χ4v) is 7.44. The molecule has 41 heavy (non-hydrogen) atoms. The molecule has 2 aromatic rings. The lowest BCUT2D eigenvalue weighted by Crippen LogP contribution is -2.53. The van der Waals surface area contributed by atoms with Gasteiger partial charge in [-0.25, -0.2) is 0 Å². The average molecular weight is 579 g/mol. The van der Waals surface area contributed by atoms with Crippen molar-refractivity contribution in [2.24, 2.45) is 5.41 Å². The Bertz CT molecular complexity index is 1250. The molecule has 0 radical (unpaired) electrons. The van der Waals surface area contributed by atoms with Crippen molar-refractivity contribution in [1.82, 2.24) is 20.4 Å². The van der Waals surface area contributed by atoms with Crippen LogP contribution in [0.25, 0.3) is 0 Å². The second kappa shape index (κ2) is 12.1. The maximum Gasteiger partial charge on any atom is 0.272 e. The second-order valence-electron chi connectivity index (χ2n) is 12.4. The Labute approximate surface area is 246 Å². The summed E-state index contributed by atoms with van der Waals surface area (Å²) in [7, 11) is 0. The molecule has 6 rings (SSSR count). The first-order chi connectivity index (χ1) is 19.9. The molecule has 4 aliphatic rings. The summed E-state index contributed by atoms with van der Waals surface area (Å²) < 4.78 is 6.06. The van der Waals surface area contributed by atoms with E-state index in [2.05, 4.69) is 31.4 Å². The minimum Gasteiger partial charge on any atom is -0.490 e. The highest BCUT2D eigenvalue weighted by molar-refractivity contribution is 6.31. The Morgan fingerprint density at radius 2 is 1.76 bits per heavy atom. The highest BCUT2D eigenvalue weighted by atomic mass is 35.5. The Balaban J connectivity index is 0.923. The van der Waals surface area contributed by atoms with Gasteiger partial charge in [0, 0.05) is 31.2 Å². The van der Waals surface area contributed by atoms with E-state index in [1.54, 1.807) is 24.3 Å². The number of amides is 1. The van der Waals surface area contributed by atoms with Crippen molar-refractivity contribution in [2.45, 2.75) is 88.5 Å². The standard InChI is InChI=1S/C31H39ClN6O3/c32-27-17-26(4-1-21(27)20-33)41-25-5-2-22(3-6-25)34-30(40)28-7-8-29(36-35-28)38-13-9-23(10-14-38)37-15-11-31(12-16-37)18-24(39)19-31/h1,4,7-8,17,22-25,39H,2-3,5-6,9-16,18-19H2,(H,34,40). The van der Waals surface area contributed by atoms with Gasteiger partial charge in [0.1, 0.15) is 11.8 Å². The van der Waals surface area contributed by atoms with Crippen LogP contribution in [0.5, 0.6) is 5.75 Å². The number of benzene rings is 1. The maximum atomic E-state index is 12.9.